The number of hydrogen-bond acceptors (Lipinski definition) is 3. The number of hydrogen-bond donors (Lipinski definition) is 5. The van der Waals surface area contributed by atoms with E-state index in [1.165, 1.54) is 0 Å². The highest BCUT2D eigenvalue weighted by molar-refractivity contribution is 5.84. The van der Waals surface area contributed by atoms with Crippen molar-refractivity contribution < 1.29 is 4.79 Å². The van der Waals surface area contributed by atoms with Crippen LogP contribution in [0.25, 0.3) is 0 Å². The van der Waals surface area contributed by atoms with Gasteiger partial charge in [-0.25, -0.2) is 0 Å². The van der Waals surface area contributed by atoms with Crippen LogP contribution in [-0.2, 0) is 4.79 Å². The van der Waals surface area contributed by atoms with Crippen LogP contribution >= 0.6 is 0 Å². The van der Waals surface area contributed by atoms with Gasteiger partial charge in [-0.3, -0.25) is 10.2 Å². The fourth-order valence-electron chi connectivity index (χ4n) is 0.492. The average Bonchev–Trinajstić information content (AvgIpc) is 2.13. The summed E-state index contributed by atoms with van der Waals surface area (Å²) in [6.07, 6.45) is 3.02. The first-order valence-electron chi connectivity index (χ1n) is 4.24. The maximum atomic E-state index is 9.47. The van der Waals surface area contributed by atoms with Gasteiger partial charge >= 0.3 is 0 Å². The number of primary amides is 1. The number of nitrogens with two attached hydrogens (primary N) is 3. The van der Waals surface area contributed by atoms with Gasteiger partial charge in [0.2, 0.25) is 5.91 Å². The van der Waals surface area contributed by atoms with Crippen LogP contribution in [0.5, 0.6) is 0 Å². The topological polar surface area (TPSA) is 131 Å². The van der Waals surface area contributed by atoms with Crippen LogP contribution in [0.15, 0.2) is 12.7 Å². The molecule has 82 valence electrons. The summed E-state index contributed by atoms with van der Waals surface area (Å²) < 4.78 is 0. The average molecular weight is 201 g/mol. The van der Waals surface area contributed by atoms with Crippen molar-refractivity contribution in [2.75, 3.05) is 13.1 Å². The molecule has 1 amide bonds. The van der Waals surface area contributed by atoms with E-state index in [1.54, 1.807) is 0 Å². The van der Waals surface area contributed by atoms with E-state index in [2.05, 4.69) is 17.6 Å². The number of guanidine groups is 1. The zero-order valence-electron chi connectivity index (χ0n) is 8.25. The molecular formula is C8H19N5O. The highest BCUT2D eigenvalue weighted by Crippen LogP contribution is 1.80. The molecule has 6 nitrogen and oxygen atoms in total. The lowest BCUT2D eigenvalue weighted by Gasteiger charge is -2.00. The Morgan fingerprint density at radius 1 is 1.43 bits per heavy atom. The Balaban J connectivity index is 0. The summed E-state index contributed by atoms with van der Waals surface area (Å²) >= 11 is 0. The van der Waals surface area contributed by atoms with Crippen molar-refractivity contribution in [2.24, 2.45) is 17.2 Å². The van der Waals surface area contributed by atoms with Crippen LogP contribution in [0.1, 0.15) is 12.8 Å². The van der Waals surface area contributed by atoms with Crippen molar-refractivity contribution in [1.82, 2.24) is 5.32 Å². The minimum atomic E-state index is -0.481. The van der Waals surface area contributed by atoms with Crippen molar-refractivity contribution in [3.05, 3.63) is 12.7 Å². The molecule has 0 fully saturated rings. The van der Waals surface area contributed by atoms with E-state index in [-0.39, 0.29) is 5.96 Å². The molecule has 0 heterocycles. The second kappa shape index (κ2) is 11.4. The third kappa shape index (κ3) is 22.4. The Bertz CT molecular complexity index is 181. The Kier molecular flexibility index (Phi) is 12.2. The number of nitrogens with one attached hydrogen (secondary N) is 2. The Morgan fingerprint density at radius 2 is 1.93 bits per heavy atom. The van der Waals surface area contributed by atoms with Gasteiger partial charge in [0.05, 0.1) is 0 Å². The summed E-state index contributed by atoms with van der Waals surface area (Å²) in [5.41, 5.74) is 14.8. The zero-order chi connectivity index (χ0) is 11.4. The van der Waals surface area contributed by atoms with Gasteiger partial charge in [-0.1, -0.05) is 6.58 Å². The second-order valence-electron chi connectivity index (χ2n) is 2.44. The maximum absolute atomic E-state index is 9.47. The van der Waals surface area contributed by atoms with E-state index in [4.69, 9.17) is 16.9 Å². The first-order chi connectivity index (χ1) is 6.54. The SMILES string of the molecule is C=CC(N)=O.N=C(N)NCCCCN. The molecule has 0 saturated carbocycles. The number of unbranched alkanes of at least 4 members (excludes halogenated alkanes) is 1. The highest BCUT2D eigenvalue weighted by atomic mass is 16.1. The van der Waals surface area contributed by atoms with Crippen LogP contribution in [0.3, 0.4) is 0 Å². The first kappa shape index (κ1) is 14.9. The lowest BCUT2D eigenvalue weighted by Crippen LogP contribution is -2.31. The summed E-state index contributed by atoms with van der Waals surface area (Å²) in [4.78, 5) is 9.47. The number of carbonyl (C=O) groups is 1. The summed E-state index contributed by atoms with van der Waals surface area (Å²) in [5, 5.41) is 9.45. The molecule has 0 radical (unpaired) electrons. The standard InChI is InChI=1S/C5H14N4.C3H5NO/c6-3-1-2-4-9-5(7)8;1-2-3(4)5/h1-4,6H2,(H4,7,8,9);2H,1H2,(H2,4,5). The van der Waals surface area contributed by atoms with Gasteiger partial charge in [-0.15, -0.1) is 0 Å². The van der Waals surface area contributed by atoms with Crippen LogP contribution < -0.4 is 22.5 Å². The summed E-state index contributed by atoms with van der Waals surface area (Å²) in [6.45, 7) is 4.55. The molecular weight excluding hydrogens is 182 g/mol. The number of rotatable bonds is 5. The fraction of sp³-hybridized carbons (Fsp3) is 0.500. The predicted molar refractivity (Wildman–Crippen MR) is 57.6 cm³/mol. The molecule has 0 aromatic heterocycles. The molecule has 0 rings (SSSR count). The molecule has 0 unspecified atom stereocenters. The van der Waals surface area contributed by atoms with E-state index < -0.39 is 5.91 Å². The van der Waals surface area contributed by atoms with Gasteiger partial charge in [-0.05, 0) is 25.5 Å². The second-order valence-corrected chi connectivity index (χ2v) is 2.44. The van der Waals surface area contributed by atoms with Gasteiger partial charge in [0.1, 0.15) is 0 Å². The monoisotopic (exact) mass is 201 g/mol. The molecule has 0 aromatic carbocycles. The van der Waals surface area contributed by atoms with Gasteiger partial charge in [0.25, 0.3) is 0 Å². The van der Waals surface area contributed by atoms with Crippen molar-refractivity contribution in [3.63, 3.8) is 0 Å². The smallest absolute Gasteiger partial charge is 0.240 e. The van der Waals surface area contributed by atoms with E-state index in [0.717, 1.165) is 25.5 Å². The highest BCUT2D eigenvalue weighted by Gasteiger charge is 1.85. The molecule has 0 bridgehead atoms. The lowest BCUT2D eigenvalue weighted by molar-refractivity contribution is -0.113. The predicted octanol–water partition coefficient (Wildman–Crippen LogP) is -1.13. The minimum Gasteiger partial charge on any atom is -0.370 e. The fourth-order valence-corrected chi connectivity index (χ4v) is 0.492. The summed E-state index contributed by atoms with van der Waals surface area (Å²) in [7, 11) is 0. The van der Waals surface area contributed by atoms with Crippen molar-refractivity contribution in [3.8, 4) is 0 Å². The summed E-state index contributed by atoms with van der Waals surface area (Å²) in [5.74, 6) is -0.447. The van der Waals surface area contributed by atoms with Crippen LogP contribution in [0.2, 0.25) is 0 Å². The Morgan fingerprint density at radius 3 is 2.21 bits per heavy atom. The van der Waals surface area contributed by atoms with E-state index >= 15 is 0 Å². The third-order valence-corrected chi connectivity index (χ3v) is 1.15. The van der Waals surface area contributed by atoms with Gasteiger partial charge < -0.3 is 22.5 Å². The number of amides is 1. The molecule has 0 aromatic rings. The van der Waals surface area contributed by atoms with Crippen LogP contribution in [0.4, 0.5) is 0 Å². The number of carbonyl (C=O) groups excluding carboxylic acids is 1. The Labute approximate surface area is 84.0 Å². The molecule has 0 atom stereocenters. The van der Waals surface area contributed by atoms with Crippen LogP contribution in [0, 0.1) is 5.41 Å². The molecule has 0 aliphatic heterocycles. The minimum absolute atomic E-state index is 0.0343. The van der Waals surface area contributed by atoms with Gasteiger partial charge in [0, 0.05) is 6.54 Å². The van der Waals surface area contributed by atoms with Crippen molar-refractivity contribution in [2.45, 2.75) is 12.8 Å². The third-order valence-electron chi connectivity index (χ3n) is 1.15. The lowest BCUT2D eigenvalue weighted by atomic mass is 10.3. The van der Waals surface area contributed by atoms with E-state index in [0.29, 0.717) is 6.54 Å². The van der Waals surface area contributed by atoms with E-state index in [9.17, 15) is 4.79 Å². The maximum Gasteiger partial charge on any atom is 0.240 e. The molecule has 0 saturated heterocycles. The largest absolute Gasteiger partial charge is 0.370 e. The quantitative estimate of drug-likeness (QED) is 0.166. The first-order valence-corrected chi connectivity index (χ1v) is 4.24. The summed E-state index contributed by atoms with van der Waals surface area (Å²) in [6, 6.07) is 0. The van der Waals surface area contributed by atoms with E-state index in [1.807, 2.05) is 0 Å². The van der Waals surface area contributed by atoms with Crippen molar-refractivity contribution >= 4 is 11.9 Å². The molecule has 8 N–H and O–H groups in total. The van der Waals surface area contributed by atoms with Crippen LogP contribution in [-0.4, -0.2) is 25.0 Å². The normalized spacial score (nSPS) is 8.07. The molecule has 0 spiro atoms. The Hall–Kier alpha value is -1.56. The molecule has 14 heavy (non-hydrogen) atoms. The molecule has 0 aliphatic carbocycles. The van der Waals surface area contributed by atoms with Gasteiger partial charge in [0.15, 0.2) is 5.96 Å². The molecule has 6 heteroatoms. The van der Waals surface area contributed by atoms with Gasteiger partial charge in [-0.2, -0.15) is 0 Å². The van der Waals surface area contributed by atoms with Crippen molar-refractivity contribution in [1.29, 1.82) is 5.41 Å². The molecule has 0 aliphatic rings. The zero-order valence-corrected chi connectivity index (χ0v) is 8.25.